The van der Waals surface area contributed by atoms with E-state index in [9.17, 15) is 26.1 Å². The van der Waals surface area contributed by atoms with Crippen LogP contribution in [0.3, 0.4) is 0 Å². The van der Waals surface area contributed by atoms with Crippen molar-refractivity contribution < 1.29 is 26.1 Å². The monoisotopic (exact) mass is 324 g/mol. The van der Waals surface area contributed by atoms with Crippen LogP contribution >= 0.6 is 0 Å². The molecule has 1 unspecified atom stereocenters. The van der Waals surface area contributed by atoms with Gasteiger partial charge in [-0.3, -0.25) is 9.54 Å². The summed E-state index contributed by atoms with van der Waals surface area (Å²) in [5.41, 5.74) is -1.01. The lowest BCUT2D eigenvalue weighted by Crippen LogP contribution is -2.33. The Balaban J connectivity index is 2.33. The highest BCUT2D eigenvalue weighted by Gasteiger charge is 2.37. The van der Waals surface area contributed by atoms with Gasteiger partial charge in [-0.05, 0) is 44.0 Å². The summed E-state index contributed by atoms with van der Waals surface area (Å²) in [5.74, 6) is -0.370. The maximum Gasteiger partial charge on any atom is 0.417 e. The Morgan fingerprint density at radius 3 is 2.33 bits per heavy atom. The van der Waals surface area contributed by atoms with Crippen LogP contribution in [0, 0.1) is 5.92 Å². The van der Waals surface area contributed by atoms with E-state index in [1.54, 1.807) is 0 Å². The third-order valence-corrected chi connectivity index (χ3v) is 4.81. The molecule has 0 aromatic carbocycles. The van der Waals surface area contributed by atoms with Crippen LogP contribution in [0.1, 0.15) is 29.3 Å². The first-order valence-electron chi connectivity index (χ1n) is 6.40. The summed E-state index contributed by atoms with van der Waals surface area (Å²) in [7, 11) is -4.44. The van der Waals surface area contributed by atoms with Crippen molar-refractivity contribution in [3.63, 3.8) is 0 Å². The Bertz CT molecular complexity index is 581. The van der Waals surface area contributed by atoms with Crippen LogP contribution in [0.4, 0.5) is 13.2 Å². The van der Waals surface area contributed by atoms with Crippen molar-refractivity contribution in [2.24, 2.45) is 5.92 Å². The van der Waals surface area contributed by atoms with Gasteiger partial charge in [0, 0.05) is 6.20 Å². The zero-order valence-corrected chi connectivity index (χ0v) is 11.8. The smallest absolute Gasteiger partial charge is 0.317 e. The van der Waals surface area contributed by atoms with Crippen LogP contribution in [0.25, 0.3) is 0 Å². The van der Waals surface area contributed by atoms with Gasteiger partial charge in [0.1, 0.15) is 5.25 Å². The third kappa shape index (κ3) is 3.92. The molecule has 0 spiro atoms. The molecule has 0 aliphatic carbocycles. The van der Waals surface area contributed by atoms with E-state index < -0.39 is 27.1 Å². The number of rotatable bonds is 3. The second kappa shape index (κ2) is 5.90. The van der Waals surface area contributed by atoms with Gasteiger partial charge in [0.25, 0.3) is 10.1 Å². The van der Waals surface area contributed by atoms with Crippen molar-refractivity contribution in [3.05, 3.63) is 29.6 Å². The van der Waals surface area contributed by atoms with E-state index >= 15 is 0 Å². The van der Waals surface area contributed by atoms with Crippen molar-refractivity contribution in [2.45, 2.75) is 24.3 Å². The van der Waals surface area contributed by atoms with Gasteiger partial charge in [0.15, 0.2) is 0 Å². The number of pyridine rings is 1. The van der Waals surface area contributed by atoms with Crippen LogP contribution in [0.5, 0.6) is 0 Å². The second-order valence-electron chi connectivity index (χ2n) is 4.99. The van der Waals surface area contributed by atoms with Crippen molar-refractivity contribution in [3.8, 4) is 0 Å². The number of aromatic nitrogens is 1. The van der Waals surface area contributed by atoms with Gasteiger partial charge in [-0.25, -0.2) is 0 Å². The summed E-state index contributed by atoms with van der Waals surface area (Å²) in [5, 5.41) is 1.77. The minimum Gasteiger partial charge on any atom is -0.317 e. The molecule has 0 saturated carbocycles. The highest BCUT2D eigenvalue weighted by molar-refractivity contribution is 7.86. The average molecular weight is 324 g/mol. The van der Waals surface area contributed by atoms with E-state index in [2.05, 4.69) is 10.3 Å². The second-order valence-corrected chi connectivity index (χ2v) is 6.53. The Labute approximate surface area is 120 Å². The number of halogens is 3. The molecule has 1 aromatic rings. The van der Waals surface area contributed by atoms with Crippen molar-refractivity contribution in [1.82, 2.24) is 10.3 Å². The topological polar surface area (TPSA) is 79.3 Å². The predicted octanol–water partition coefficient (Wildman–Crippen LogP) is 2.03. The van der Waals surface area contributed by atoms with Gasteiger partial charge in [-0.15, -0.1) is 0 Å². The molecule has 2 rings (SSSR count). The standard InChI is InChI=1S/C12H15F3N2O3S/c13-12(14,15)9-1-2-10(17-7-9)11(21(18,19)20)8-3-5-16-6-4-8/h1-2,7-8,11,16H,3-6H2,(H,18,19,20). The quantitative estimate of drug-likeness (QED) is 0.832. The molecular weight excluding hydrogens is 309 g/mol. The molecule has 0 amide bonds. The molecule has 2 heterocycles. The summed E-state index contributed by atoms with van der Waals surface area (Å²) < 4.78 is 70.1. The molecule has 1 saturated heterocycles. The van der Waals surface area contributed by atoms with E-state index in [0.717, 1.165) is 12.1 Å². The Kier molecular flexibility index (Phi) is 4.54. The third-order valence-electron chi connectivity index (χ3n) is 3.54. The maximum atomic E-state index is 12.5. The van der Waals surface area contributed by atoms with Crippen molar-refractivity contribution in [1.29, 1.82) is 0 Å². The van der Waals surface area contributed by atoms with Gasteiger partial charge < -0.3 is 5.32 Å². The van der Waals surface area contributed by atoms with E-state index in [0.29, 0.717) is 32.1 Å². The van der Waals surface area contributed by atoms with Gasteiger partial charge in [-0.1, -0.05) is 0 Å². The molecule has 5 nitrogen and oxygen atoms in total. The van der Waals surface area contributed by atoms with Crippen LogP contribution in [-0.4, -0.2) is 31.0 Å². The summed E-state index contributed by atoms with van der Waals surface area (Å²) in [4.78, 5) is 3.61. The minimum absolute atomic E-state index is 0.0580. The van der Waals surface area contributed by atoms with E-state index in [4.69, 9.17) is 0 Å². The summed E-state index contributed by atoms with van der Waals surface area (Å²) in [6.07, 6.45) is -2.93. The van der Waals surface area contributed by atoms with Crippen LogP contribution in [-0.2, 0) is 16.3 Å². The molecule has 1 fully saturated rings. The zero-order valence-electron chi connectivity index (χ0n) is 11.0. The normalized spacial score (nSPS) is 19.4. The molecule has 1 aliphatic heterocycles. The molecule has 21 heavy (non-hydrogen) atoms. The van der Waals surface area contributed by atoms with Crippen molar-refractivity contribution in [2.75, 3.05) is 13.1 Å². The fraction of sp³-hybridized carbons (Fsp3) is 0.583. The highest BCUT2D eigenvalue weighted by atomic mass is 32.2. The molecule has 0 bridgehead atoms. The van der Waals surface area contributed by atoms with Crippen LogP contribution in [0.2, 0.25) is 0 Å². The molecule has 1 aromatic heterocycles. The average Bonchev–Trinajstić information content (AvgIpc) is 2.38. The van der Waals surface area contributed by atoms with Crippen LogP contribution in [0.15, 0.2) is 18.3 Å². The summed E-state index contributed by atoms with van der Waals surface area (Å²) in [6.45, 7) is 1.19. The number of hydrogen-bond acceptors (Lipinski definition) is 4. The lowest BCUT2D eigenvalue weighted by atomic mass is 9.92. The fourth-order valence-electron chi connectivity index (χ4n) is 2.53. The first-order chi connectivity index (χ1) is 9.69. The first kappa shape index (κ1) is 16.2. The molecule has 2 N–H and O–H groups in total. The summed E-state index contributed by atoms with van der Waals surface area (Å²) >= 11 is 0. The molecule has 9 heteroatoms. The van der Waals surface area contributed by atoms with E-state index in [-0.39, 0.29) is 11.6 Å². The van der Waals surface area contributed by atoms with Crippen LogP contribution < -0.4 is 5.32 Å². The predicted molar refractivity (Wildman–Crippen MR) is 69.1 cm³/mol. The molecular formula is C12H15F3N2O3S. The van der Waals surface area contributed by atoms with Crippen molar-refractivity contribution >= 4 is 10.1 Å². The van der Waals surface area contributed by atoms with E-state index in [1.807, 2.05) is 0 Å². The van der Waals surface area contributed by atoms with Gasteiger partial charge in [0.2, 0.25) is 0 Å². The molecule has 0 radical (unpaired) electrons. The molecule has 1 aliphatic rings. The van der Waals surface area contributed by atoms with E-state index in [1.165, 1.54) is 0 Å². The molecule has 1 atom stereocenters. The van der Waals surface area contributed by atoms with Gasteiger partial charge >= 0.3 is 6.18 Å². The largest absolute Gasteiger partial charge is 0.417 e. The number of hydrogen-bond donors (Lipinski definition) is 2. The number of piperidine rings is 1. The van der Waals surface area contributed by atoms with Gasteiger partial charge in [0.05, 0.1) is 11.3 Å². The molecule has 118 valence electrons. The lowest BCUT2D eigenvalue weighted by Gasteiger charge is -2.28. The highest BCUT2D eigenvalue weighted by Crippen LogP contribution is 2.35. The Hall–Kier alpha value is -1.19. The number of nitrogens with one attached hydrogen (secondary N) is 1. The maximum absolute atomic E-state index is 12.5. The zero-order chi connectivity index (χ0) is 15.7. The SMILES string of the molecule is O=S(=O)(O)C(c1ccc(C(F)(F)F)cn1)C1CCNCC1. The number of alkyl halides is 3. The lowest BCUT2D eigenvalue weighted by molar-refractivity contribution is -0.137. The fourth-order valence-corrected chi connectivity index (χ4v) is 3.73. The number of nitrogens with zero attached hydrogens (tertiary/aromatic N) is 1. The minimum atomic E-state index is -4.53. The van der Waals surface area contributed by atoms with Gasteiger partial charge in [-0.2, -0.15) is 21.6 Å². The summed E-state index contributed by atoms with van der Waals surface area (Å²) in [6, 6.07) is 1.80. The Morgan fingerprint density at radius 1 is 1.29 bits per heavy atom. The Morgan fingerprint density at radius 2 is 1.90 bits per heavy atom. The first-order valence-corrected chi connectivity index (χ1v) is 7.90.